The lowest BCUT2D eigenvalue weighted by molar-refractivity contribution is 0.0698. The molecule has 0 aromatic heterocycles. The zero-order valence-electron chi connectivity index (χ0n) is 15.6. The molecule has 0 bridgehead atoms. The summed E-state index contributed by atoms with van der Waals surface area (Å²) >= 11 is 0. The van der Waals surface area contributed by atoms with E-state index in [1.54, 1.807) is 0 Å². The molecule has 1 N–H and O–H groups in total. The Hall–Kier alpha value is -0.860. The molecule has 154 valence electrons. The number of hydrogen-bond acceptors (Lipinski definition) is 5. The number of rotatable bonds is 4. The van der Waals surface area contributed by atoms with Crippen LogP contribution in [0.1, 0.15) is 28.8 Å². The Morgan fingerprint density at radius 3 is 2.56 bits per heavy atom. The van der Waals surface area contributed by atoms with E-state index in [2.05, 4.69) is 10.2 Å². The van der Waals surface area contributed by atoms with Crippen LogP contribution < -0.4 is 5.32 Å². The van der Waals surface area contributed by atoms with Crippen molar-refractivity contribution in [2.45, 2.75) is 25.4 Å². The molecule has 1 amide bonds. The van der Waals surface area contributed by atoms with Crippen molar-refractivity contribution in [3.63, 3.8) is 0 Å². The van der Waals surface area contributed by atoms with Crippen LogP contribution in [0.25, 0.3) is 0 Å². The first-order valence-corrected chi connectivity index (χ1v) is 10.8. The maximum Gasteiger partial charge on any atom is 0.253 e. The zero-order valence-corrected chi connectivity index (χ0v) is 18.0. The van der Waals surface area contributed by atoms with E-state index in [9.17, 15) is 13.2 Å². The highest BCUT2D eigenvalue weighted by molar-refractivity contribution is 7.91. The third-order valence-corrected chi connectivity index (χ3v) is 6.74. The first-order chi connectivity index (χ1) is 12.0. The molecule has 3 rings (SSSR count). The Morgan fingerprint density at radius 2 is 1.89 bits per heavy atom. The van der Waals surface area contributed by atoms with Crippen LogP contribution in [-0.4, -0.2) is 74.9 Å². The number of carbonyl (C=O) groups is 1. The van der Waals surface area contributed by atoms with Gasteiger partial charge in [0.25, 0.3) is 5.91 Å². The Labute approximate surface area is 174 Å². The molecule has 2 heterocycles. The first-order valence-electron chi connectivity index (χ1n) is 8.95. The van der Waals surface area contributed by atoms with Gasteiger partial charge in [-0.1, -0.05) is 12.1 Å². The number of likely N-dealkylation sites (N-methyl/N-ethyl adjacent to an activating group) is 1. The smallest absolute Gasteiger partial charge is 0.253 e. The van der Waals surface area contributed by atoms with Crippen molar-refractivity contribution in [3.8, 4) is 0 Å². The topological polar surface area (TPSA) is 69.7 Å². The van der Waals surface area contributed by atoms with Gasteiger partial charge in [0.1, 0.15) is 0 Å². The van der Waals surface area contributed by atoms with Crippen molar-refractivity contribution in [1.82, 2.24) is 15.1 Å². The van der Waals surface area contributed by atoms with E-state index in [1.165, 1.54) is 0 Å². The SMILES string of the molecule is CNC1CCCN(C(=O)c2cccc(CN3CCS(=O)(=O)CC3)c2)C1.Cl.Cl. The van der Waals surface area contributed by atoms with E-state index in [0.717, 1.165) is 37.1 Å². The van der Waals surface area contributed by atoms with E-state index in [0.29, 0.717) is 25.7 Å². The average Bonchev–Trinajstić information content (AvgIpc) is 2.63. The van der Waals surface area contributed by atoms with Crippen molar-refractivity contribution in [1.29, 1.82) is 0 Å². The predicted molar refractivity (Wildman–Crippen MR) is 113 cm³/mol. The van der Waals surface area contributed by atoms with Crippen LogP contribution in [0.15, 0.2) is 24.3 Å². The molecular weight excluding hydrogens is 409 g/mol. The maximum absolute atomic E-state index is 12.8. The van der Waals surface area contributed by atoms with Crippen LogP contribution in [0.2, 0.25) is 0 Å². The largest absolute Gasteiger partial charge is 0.337 e. The number of nitrogens with zero attached hydrogens (tertiary/aromatic N) is 2. The minimum absolute atomic E-state index is 0. The molecule has 0 spiro atoms. The van der Waals surface area contributed by atoms with Crippen LogP contribution in [0.4, 0.5) is 0 Å². The standard InChI is InChI=1S/C18H27N3O3S.2ClH/c1-19-17-6-3-7-21(14-17)18(22)16-5-2-4-15(12-16)13-20-8-10-25(23,24)11-9-20;;/h2,4-5,12,17,19H,3,6-11,13-14H2,1H3;2*1H. The molecule has 0 saturated carbocycles. The Bertz CT molecular complexity index is 716. The summed E-state index contributed by atoms with van der Waals surface area (Å²) in [7, 11) is -0.918. The van der Waals surface area contributed by atoms with E-state index in [-0.39, 0.29) is 42.2 Å². The molecule has 1 atom stereocenters. The molecule has 2 aliphatic rings. The lowest BCUT2D eigenvalue weighted by Crippen LogP contribution is -2.47. The average molecular weight is 438 g/mol. The van der Waals surface area contributed by atoms with Crippen molar-refractivity contribution in [2.75, 3.05) is 44.7 Å². The summed E-state index contributed by atoms with van der Waals surface area (Å²) in [6.07, 6.45) is 2.14. The summed E-state index contributed by atoms with van der Waals surface area (Å²) in [5.41, 5.74) is 1.78. The van der Waals surface area contributed by atoms with Crippen molar-refractivity contribution in [2.24, 2.45) is 0 Å². The molecule has 2 aliphatic heterocycles. The van der Waals surface area contributed by atoms with E-state index >= 15 is 0 Å². The third kappa shape index (κ3) is 6.61. The fraction of sp³-hybridized carbons (Fsp3) is 0.611. The van der Waals surface area contributed by atoms with Gasteiger partial charge < -0.3 is 10.2 Å². The van der Waals surface area contributed by atoms with Crippen LogP contribution in [0.3, 0.4) is 0 Å². The quantitative estimate of drug-likeness (QED) is 0.773. The van der Waals surface area contributed by atoms with Crippen LogP contribution >= 0.6 is 24.8 Å². The van der Waals surface area contributed by atoms with Gasteiger partial charge in [-0.2, -0.15) is 0 Å². The Balaban J connectivity index is 0.00000182. The second-order valence-electron chi connectivity index (χ2n) is 7.01. The second-order valence-corrected chi connectivity index (χ2v) is 9.31. The summed E-state index contributed by atoms with van der Waals surface area (Å²) in [5, 5.41) is 3.26. The molecule has 1 aromatic carbocycles. The summed E-state index contributed by atoms with van der Waals surface area (Å²) < 4.78 is 23.1. The summed E-state index contributed by atoms with van der Waals surface area (Å²) in [4.78, 5) is 16.9. The lowest BCUT2D eigenvalue weighted by atomic mass is 10.0. The van der Waals surface area contributed by atoms with Crippen molar-refractivity contribution < 1.29 is 13.2 Å². The van der Waals surface area contributed by atoms with Gasteiger partial charge >= 0.3 is 0 Å². The number of hydrogen-bond donors (Lipinski definition) is 1. The number of likely N-dealkylation sites (tertiary alicyclic amines) is 1. The molecule has 0 aliphatic carbocycles. The summed E-state index contributed by atoms with van der Waals surface area (Å²) in [6, 6.07) is 8.12. The van der Waals surface area contributed by atoms with E-state index in [1.807, 2.05) is 36.2 Å². The van der Waals surface area contributed by atoms with Crippen molar-refractivity contribution in [3.05, 3.63) is 35.4 Å². The minimum Gasteiger partial charge on any atom is -0.337 e. The molecular formula is C18H29Cl2N3O3S. The minimum atomic E-state index is -2.86. The molecule has 1 aromatic rings. The molecule has 9 heteroatoms. The first kappa shape index (κ1) is 24.2. The van der Waals surface area contributed by atoms with Gasteiger partial charge in [-0.05, 0) is 37.6 Å². The number of piperidine rings is 1. The molecule has 1 unspecified atom stereocenters. The van der Waals surface area contributed by atoms with Gasteiger partial charge in [0.2, 0.25) is 0 Å². The van der Waals surface area contributed by atoms with Gasteiger partial charge in [0, 0.05) is 44.3 Å². The number of halogens is 2. The molecule has 0 radical (unpaired) electrons. The van der Waals surface area contributed by atoms with Gasteiger partial charge in [0.05, 0.1) is 11.5 Å². The number of amides is 1. The fourth-order valence-electron chi connectivity index (χ4n) is 3.55. The number of benzene rings is 1. The lowest BCUT2D eigenvalue weighted by Gasteiger charge is -2.32. The Morgan fingerprint density at radius 1 is 1.19 bits per heavy atom. The maximum atomic E-state index is 12.8. The molecule has 6 nitrogen and oxygen atoms in total. The van der Waals surface area contributed by atoms with Gasteiger partial charge in [-0.15, -0.1) is 24.8 Å². The molecule has 2 saturated heterocycles. The summed E-state index contributed by atoms with van der Waals surface area (Å²) in [5.74, 6) is 0.540. The van der Waals surface area contributed by atoms with Gasteiger partial charge in [-0.25, -0.2) is 8.42 Å². The monoisotopic (exact) mass is 437 g/mol. The predicted octanol–water partition coefficient (Wildman–Crippen LogP) is 1.58. The highest BCUT2D eigenvalue weighted by Crippen LogP contribution is 2.16. The van der Waals surface area contributed by atoms with Crippen LogP contribution in [-0.2, 0) is 16.4 Å². The molecule has 2 fully saturated rings. The summed E-state index contributed by atoms with van der Waals surface area (Å²) in [6.45, 7) is 3.39. The number of sulfone groups is 1. The van der Waals surface area contributed by atoms with Gasteiger partial charge in [0.15, 0.2) is 9.84 Å². The van der Waals surface area contributed by atoms with Gasteiger partial charge in [-0.3, -0.25) is 9.69 Å². The highest BCUT2D eigenvalue weighted by Gasteiger charge is 2.24. The second kappa shape index (κ2) is 10.6. The Kier molecular flexibility index (Phi) is 9.51. The highest BCUT2D eigenvalue weighted by atomic mass is 35.5. The van der Waals surface area contributed by atoms with Crippen LogP contribution in [0, 0.1) is 0 Å². The van der Waals surface area contributed by atoms with Crippen molar-refractivity contribution >= 4 is 40.6 Å². The molecule has 27 heavy (non-hydrogen) atoms. The van der Waals surface area contributed by atoms with E-state index < -0.39 is 9.84 Å². The van der Waals surface area contributed by atoms with Crippen LogP contribution in [0.5, 0.6) is 0 Å². The third-order valence-electron chi connectivity index (χ3n) is 5.13. The number of nitrogens with one attached hydrogen (secondary N) is 1. The fourth-order valence-corrected chi connectivity index (χ4v) is 4.83. The van der Waals surface area contributed by atoms with E-state index in [4.69, 9.17) is 0 Å². The normalized spacial score (nSPS) is 22.4. The number of carbonyl (C=O) groups excluding carboxylic acids is 1. The zero-order chi connectivity index (χ0) is 17.9.